The number of carbonyl (C=O) groups is 1. The molecule has 5 nitrogen and oxygen atoms in total. The number of benzene rings is 1. The van der Waals surface area contributed by atoms with Crippen LogP contribution in [0.15, 0.2) is 18.2 Å². The van der Waals surface area contributed by atoms with Gasteiger partial charge in [0.15, 0.2) is 0 Å². The molecule has 1 rings (SSSR count). The first-order chi connectivity index (χ1) is 9.76. The molecule has 21 heavy (non-hydrogen) atoms. The first kappa shape index (κ1) is 16.8. The molecular weight excluding hydrogens is 266 g/mol. The van der Waals surface area contributed by atoms with Gasteiger partial charge in [0.2, 0.25) is 0 Å². The minimum absolute atomic E-state index is 0.195. The maximum Gasteiger partial charge on any atom is 0.335 e. The van der Waals surface area contributed by atoms with Gasteiger partial charge in [-0.25, -0.2) is 4.79 Å². The molecular formula is C16H23N3O2. The average Bonchev–Trinajstić information content (AvgIpc) is 2.43. The Morgan fingerprint density at radius 2 is 2.10 bits per heavy atom. The summed E-state index contributed by atoms with van der Waals surface area (Å²) in [6, 6.07) is 7.07. The summed E-state index contributed by atoms with van der Waals surface area (Å²) in [5.41, 5.74) is 7.13. The van der Waals surface area contributed by atoms with Gasteiger partial charge < -0.3 is 15.7 Å². The van der Waals surface area contributed by atoms with Crippen LogP contribution in [0, 0.1) is 16.7 Å². The van der Waals surface area contributed by atoms with Crippen molar-refractivity contribution >= 4 is 17.3 Å². The van der Waals surface area contributed by atoms with E-state index in [2.05, 4.69) is 6.07 Å². The molecule has 0 aliphatic rings. The number of carboxylic acids is 1. The van der Waals surface area contributed by atoms with Crippen LogP contribution in [0.3, 0.4) is 0 Å². The van der Waals surface area contributed by atoms with Crippen molar-refractivity contribution in [1.82, 2.24) is 0 Å². The van der Waals surface area contributed by atoms with Crippen molar-refractivity contribution in [3.8, 4) is 6.07 Å². The van der Waals surface area contributed by atoms with Crippen LogP contribution >= 0.6 is 0 Å². The van der Waals surface area contributed by atoms with E-state index in [0.29, 0.717) is 5.69 Å². The molecule has 0 aliphatic heterocycles. The van der Waals surface area contributed by atoms with Crippen LogP contribution < -0.4 is 10.6 Å². The van der Waals surface area contributed by atoms with Crippen molar-refractivity contribution in [2.45, 2.75) is 33.1 Å². The van der Waals surface area contributed by atoms with Gasteiger partial charge in [-0.2, -0.15) is 5.26 Å². The summed E-state index contributed by atoms with van der Waals surface area (Å²) in [7, 11) is 1.93. The fraction of sp³-hybridized carbons (Fsp3) is 0.500. The quantitative estimate of drug-likeness (QED) is 0.594. The fourth-order valence-electron chi connectivity index (χ4n) is 2.13. The Hall–Kier alpha value is -2.22. The van der Waals surface area contributed by atoms with E-state index in [1.54, 1.807) is 12.1 Å². The minimum Gasteiger partial charge on any atom is -0.478 e. The molecule has 0 saturated heterocycles. The Balaban J connectivity index is 2.55. The van der Waals surface area contributed by atoms with Crippen LogP contribution in [-0.4, -0.2) is 24.7 Å². The van der Waals surface area contributed by atoms with Crippen molar-refractivity contribution < 1.29 is 9.90 Å². The summed E-state index contributed by atoms with van der Waals surface area (Å²) in [4.78, 5) is 12.9. The monoisotopic (exact) mass is 289 g/mol. The minimum atomic E-state index is -0.977. The van der Waals surface area contributed by atoms with E-state index >= 15 is 0 Å². The lowest BCUT2D eigenvalue weighted by atomic mass is 9.89. The van der Waals surface area contributed by atoms with Crippen LogP contribution in [0.5, 0.6) is 0 Å². The van der Waals surface area contributed by atoms with Crippen molar-refractivity contribution in [2.75, 3.05) is 24.2 Å². The predicted molar refractivity (Wildman–Crippen MR) is 84.3 cm³/mol. The number of aromatic carboxylic acids is 1. The largest absolute Gasteiger partial charge is 0.478 e. The van der Waals surface area contributed by atoms with Crippen LogP contribution in [-0.2, 0) is 0 Å². The van der Waals surface area contributed by atoms with Crippen molar-refractivity contribution in [3.05, 3.63) is 23.8 Å². The third-order valence-electron chi connectivity index (χ3n) is 3.53. The number of hydrogen-bond donors (Lipinski definition) is 2. The predicted octanol–water partition coefficient (Wildman–Crippen LogP) is 3.12. The third-order valence-corrected chi connectivity index (χ3v) is 3.53. The second-order valence-corrected chi connectivity index (χ2v) is 5.95. The second kappa shape index (κ2) is 6.98. The molecule has 0 unspecified atom stereocenters. The molecule has 0 aromatic heterocycles. The lowest BCUT2D eigenvalue weighted by molar-refractivity contribution is 0.0697. The first-order valence-electron chi connectivity index (χ1n) is 7.02. The molecule has 0 heterocycles. The van der Waals surface area contributed by atoms with Crippen LogP contribution in [0.25, 0.3) is 0 Å². The molecule has 1 aromatic rings. The number of rotatable bonds is 7. The molecule has 3 N–H and O–H groups in total. The van der Waals surface area contributed by atoms with Gasteiger partial charge in [-0.3, -0.25) is 0 Å². The standard InChI is InChI=1S/C16H23N3O2/c1-16(2,11-17)8-4-5-9-19(3)14-7-6-12(15(20)21)10-13(14)18/h6-7,10H,4-5,8-9,18H2,1-3H3,(H,20,21). The molecule has 5 heteroatoms. The van der Waals surface area contributed by atoms with Crippen molar-refractivity contribution in [2.24, 2.45) is 5.41 Å². The number of carboxylic acid groups (broad SMARTS) is 1. The van der Waals surface area contributed by atoms with E-state index in [0.717, 1.165) is 31.5 Å². The van der Waals surface area contributed by atoms with Gasteiger partial charge in [-0.1, -0.05) is 6.42 Å². The number of nitrogens with zero attached hydrogens (tertiary/aromatic N) is 2. The Morgan fingerprint density at radius 3 is 2.62 bits per heavy atom. The lowest BCUT2D eigenvalue weighted by Gasteiger charge is -2.22. The smallest absolute Gasteiger partial charge is 0.335 e. The van der Waals surface area contributed by atoms with Gasteiger partial charge in [0, 0.05) is 13.6 Å². The van der Waals surface area contributed by atoms with Crippen molar-refractivity contribution in [3.63, 3.8) is 0 Å². The van der Waals surface area contributed by atoms with E-state index < -0.39 is 5.97 Å². The van der Waals surface area contributed by atoms with E-state index in [1.807, 2.05) is 25.8 Å². The maximum absolute atomic E-state index is 10.9. The molecule has 1 aromatic carbocycles. The summed E-state index contributed by atoms with van der Waals surface area (Å²) < 4.78 is 0. The Labute approximate surface area is 126 Å². The molecule has 0 atom stereocenters. The summed E-state index contributed by atoms with van der Waals surface area (Å²) in [5.74, 6) is -0.977. The SMILES string of the molecule is CN(CCCCC(C)(C)C#N)c1ccc(C(=O)O)cc1N. The summed E-state index contributed by atoms with van der Waals surface area (Å²) >= 11 is 0. The van der Waals surface area contributed by atoms with Crippen LogP contribution in [0.4, 0.5) is 11.4 Å². The van der Waals surface area contributed by atoms with Gasteiger partial charge in [-0.15, -0.1) is 0 Å². The normalized spacial score (nSPS) is 11.0. The Kier molecular flexibility index (Phi) is 5.60. The zero-order valence-corrected chi connectivity index (χ0v) is 12.9. The van der Waals surface area contributed by atoms with E-state index in [9.17, 15) is 4.79 Å². The third kappa shape index (κ3) is 4.99. The highest BCUT2D eigenvalue weighted by Gasteiger charge is 2.16. The number of nitrogens with two attached hydrogens (primary N) is 1. The molecule has 0 fully saturated rings. The fourth-order valence-corrected chi connectivity index (χ4v) is 2.13. The zero-order valence-electron chi connectivity index (χ0n) is 12.9. The number of anilines is 2. The number of unbranched alkanes of at least 4 members (excludes halogenated alkanes) is 1. The summed E-state index contributed by atoms with van der Waals surface area (Å²) in [6.07, 6.45) is 2.80. The molecule has 114 valence electrons. The Bertz CT molecular complexity index is 547. The molecule has 0 radical (unpaired) electrons. The van der Waals surface area contributed by atoms with Gasteiger partial charge in [-0.05, 0) is 44.9 Å². The molecule has 0 aliphatic carbocycles. The zero-order chi connectivity index (χ0) is 16.0. The molecule has 0 bridgehead atoms. The number of nitriles is 1. The molecule has 0 spiro atoms. The first-order valence-corrected chi connectivity index (χ1v) is 7.02. The number of hydrogen-bond acceptors (Lipinski definition) is 4. The van der Waals surface area contributed by atoms with Crippen molar-refractivity contribution in [1.29, 1.82) is 5.26 Å². The maximum atomic E-state index is 10.9. The highest BCUT2D eigenvalue weighted by molar-refractivity contribution is 5.90. The number of nitrogen functional groups attached to an aromatic ring is 1. The van der Waals surface area contributed by atoms with Crippen LogP contribution in [0.1, 0.15) is 43.5 Å². The summed E-state index contributed by atoms with van der Waals surface area (Å²) in [5, 5.41) is 17.9. The van der Waals surface area contributed by atoms with Gasteiger partial charge in [0.25, 0.3) is 0 Å². The highest BCUT2D eigenvalue weighted by Crippen LogP contribution is 2.25. The average molecular weight is 289 g/mol. The lowest BCUT2D eigenvalue weighted by Crippen LogP contribution is -2.20. The van der Waals surface area contributed by atoms with E-state index in [-0.39, 0.29) is 11.0 Å². The summed E-state index contributed by atoms with van der Waals surface area (Å²) in [6.45, 7) is 4.71. The topological polar surface area (TPSA) is 90.3 Å². The Morgan fingerprint density at radius 1 is 1.43 bits per heavy atom. The van der Waals surface area contributed by atoms with Gasteiger partial charge >= 0.3 is 5.97 Å². The van der Waals surface area contributed by atoms with E-state index in [1.165, 1.54) is 6.07 Å². The molecule has 0 saturated carbocycles. The molecule has 0 amide bonds. The second-order valence-electron chi connectivity index (χ2n) is 5.95. The highest BCUT2D eigenvalue weighted by atomic mass is 16.4. The van der Waals surface area contributed by atoms with Gasteiger partial charge in [0.1, 0.15) is 0 Å². The van der Waals surface area contributed by atoms with E-state index in [4.69, 9.17) is 16.1 Å². The van der Waals surface area contributed by atoms with Gasteiger partial charge in [0.05, 0.1) is 28.4 Å². The van der Waals surface area contributed by atoms with Crippen LogP contribution in [0.2, 0.25) is 0 Å².